The van der Waals surface area contributed by atoms with Crippen LogP contribution in [-0.2, 0) is 4.79 Å². The summed E-state index contributed by atoms with van der Waals surface area (Å²) in [5, 5.41) is 4.32. The molecule has 1 amide bonds. The molecular formula is C19H21F4N5O. The third-order valence-electron chi connectivity index (χ3n) is 5.55. The molecule has 10 heteroatoms. The third kappa shape index (κ3) is 3.56. The lowest BCUT2D eigenvalue weighted by Crippen LogP contribution is -2.42. The minimum Gasteiger partial charge on any atom is -0.368 e. The summed E-state index contributed by atoms with van der Waals surface area (Å²) in [6, 6.07) is 1.84. The molecule has 0 atom stereocenters. The molecule has 0 unspecified atom stereocenters. The van der Waals surface area contributed by atoms with Crippen LogP contribution in [0.25, 0.3) is 5.69 Å². The fourth-order valence-corrected chi connectivity index (χ4v) is 3.91. The van der Waals surface area contributed by atoms with E-state index in [-0.39, 0.29) is 0 Å². The van der Waals surface area contributed by atoms with E-state index in [0.717, 1.165) is 16.9 Å². The first kappa shape index (κ1) is 19.7. The largest absolute Gasteiger partial charge is 0.368 e. The molecule has 0 aliphatic carbocycles. The Morgan fingerprint density at radius 2 is 1.72 bits per heavy atom. The van der Waals surface area contributed by atoms with Gasteiger partial charge in [0.05, 0.1) is 36.9 Å². The van der Waals surface area contributed by atoms with Crippen molar-refractivity contribution in [3.63, 3.8) is 0 Å². The molecule has 2 aromatic rings. The van der Waals surface area contributed by atoms with E-state index >= 15 is 0 Å². The van der Waals surface area contributed by atoms with Gasteiger partial charge < -0.3 is 9.80 Å². The summed E-state index contributed by atoms with van der Waals surface area (Å²) in [5.74, 6) is -9.50. The highest BCUT2D eigenvalue weighted by atomic mass is 19.3. The second kappa shape index (κ2) is 7.00. The molecule has 4 heterocycles. The Morgan fingerprint density at radius 1 is 1.07 bits per heavy atom. The standard InChI is InChI=1S/C19H21F4N5O/c1-13-8-25-28(10-13)15-2-5-24-9-16(15)26-6-3-14(4-7-26)17(29)27-11-18(20,21)19(22,23)12-27/h2,5,8-10,14H,3-4,6-7,11-12H2,1H3. The van der Waals surface area contributed by atoms with Gasteiger partial charge in [-0.2, -0.15) is 22.7 Å². The number of hydrogen-bond acceptors (Lipinski definition) is 4. The molecule has 29 heavy (non-hydrogen) atoms. The first-order valence-electron chi connectivity index (χ1n) is 9.43. The van der Waals surface area contributed by atoms with Crippen molar-refractivity contribution in [3.8, 4) is 5.69 Å². The molecule has 2 aromatic heterocycles. The third-order valence-corrected chi connectivity index (χ3v) is 5.55. The van der Waals surface area contributed by atoms with E-state index in [4.69, 9.17) is 0 Å². The van der Waals surface area contributed by atoms with Gasteiger partial charge >= 0.3 is 11.8 Å². The number of anilines is 1. The van der Waals surface area contributed by atoms with E-state index in [0.29, 0.717) is 30.8 Å². The number of hydrogen-bond donors (Lipinski definition) is 0. The molecule has 0 saturated carbocycles. The summed E-state index contributed by atoms with van der Waals surface area (Å²) in [6.45, 7) is 0.494. The number of halogens is 4. The number of aryl methyl sites for hydroxylation is 1. The van der Waals surface area contributed by atoms with Gasteiger partial charge in [-0.1, -0.05) is 0 Å². The van der Waals surface area contributed by atoms with E-state index in [2.05, 4.69) is 15.0 Å². The van der Waals surface area contributed by atoms with Gasteiger partial charge in [0.15, 0.2) is 0 Å². The van der Waals surface area contributed by atoms with Gasteiger partial charge in [-0.15, -0.1) is 0 Å². The molecule has 0 bridgehead atoms. The summed E-state index contributed by atoms with van der Waals surface area (Å²) in [7, 11) is 0. The van der Waals surface area contributed by atoms with E-state index in [9.17, 15) is 22.4 Å². The SMILES string of the molecule is Cc1cnn(-c2ccncc2N2CCC(C(=O)N3CC(F)(F)C(F)(F)C3)CC2)c1. The van der Waals surface area contributed by atoms with Crippen LogP contribution < -0.4 is 4.90 Å². The predicted octanol–water partition coefficient (Wildman–Crippen LogP) is 2.90. The second-order valence-electron chi connectivity index (χ2n) is 7.69. The number of carbonyl (C=O) groups is 1. The number of carbonyl (C=O) groups excluding carboxylic acids is 1. The fraction of sp³-hybridized carbons (Fsp3) is 0.526. The first-order chi connectivity index (χ1) is 13.7. The summed E-state index contributed by atoms with van der Waals surface area (Å²) in [6.07, 6.45) is 7.83. The number of likely N-dealkylation sites (tertiary alicyclic amines) is 1. The molecular weight excluding hydrogens is 390 g/mol. The molecule has 2 saturated heterocycles. The lowest BCUT2D eigenvalue weighted by molar-refractivity contribution is -0.172. The van der Waals surface area contributed by atoms with Crippen LogP contribution >= 0.6 is 0 Å². The average Bonchev–Trinajstić information content (AvgIpc) is 3.21. The van der Waals surface area contributed by atoms with E-state index < -0.39 is 36.8 Å². The number of rotatable bonds is 3. The maximum absolute atomic E-state index is 13.4. The molecule has 0 N–H and O–H groups in total. The van der Waals surface area contributed by atoms with Gasteiger partial charge in [0, 0.05) is 31.4 Å². The Bertz CT molecular complexity index is 892. The summed E-state index contributed by atoms with van der Waals surface area (Å²) in [5.41, 5.74) is 2.70. The van der Waals surface area contributed by atoms with Crippen LogP contribution in [0, 0.1) is 12.8 Å². The van der Waals surface area contributed by atoms with E-state index in [1.807, 2.05) is 19.2 Å². The van der Waals surface area contributed by atoms with Crippen molar-refractivity contribution in [2.24, 2.45) is 5.92 Å². The van der Waals surface area contributed by atoms with Crippen molar-refractivity contribution in [1.29, 1.82) is 0 Å². The molecule has 2 aliphatic rings. The Labute approximate surface area is 165 Å². The minimum absolute atomic E-state index is 0.402. The average molecular weight is 411 g/mol. The molecule has 0 spiro atoms. The Morgan fingerprint density at radius 3 is 2.31 bits per heavy atom. The molecule has 0 aromatic carbocycles. The van der Waals surface area contributed by atoms with Crippen LogP contribution in [0.4, 0.5) is 23.2 Å². The maximum atomic E-state index is 13.4. The molecule has 0 radical (unpaired) electrons. The van der Waals surface area contributed by atoms with Crippen LogP contribution in [0.15, 0.2) is 30.9 Å². The topological polar surface area (TPSA) is 54.3 Å². The monoisotopic (exact) mass is 411 g/mol. The zero-order valence-electron chi connectivity index (χ0n) is 15.9. The van der Waals surface area contributed by atoms with E-state index in [1.165, 1.54) is 0 Å². The van der Waals surface area contributed by atoms with Gasteiger partial charge in [-0.25, -0.2) is 4.68 Å². The lowest BCUT2D eigenvalue weighted by atomic mass is 9.95. The van der Waals surface area contributed by atoms with Crippen molar-refractivity contribution >= 4 is 11.6 Å². The number of alkyl halides is 4. The van der Waals surface area contributed by atoms with E-state index in [1.54, 1.807) is 23.3 Å². The van der Waals surface area contributed by atoms with Crippen molar-refractivity contribution in [3.05, 3.63) is 36.4 Å². The fourth-order valence-electron chi connectivity index (χ4n) is 3.91. The first-order valence-corrected chi connectivity index (χ1v) is 9.43. The van der Waals surface area contributed by atoms with Crippen molar-refractivity contribution in [2.45, 2.75) is 31.6 Å². The Hall–Kier alpha value is -2.65. The van der Waals surface area contributed by atoms with Crippen molar-refractivity contribution in [2.75, 3.05) is 31.1 Å². The second-order valence-corrected chi connectivity index (χ2v) is 7.69. The van der Waals surface area contributed by atoms with Crippen molar-refractivity contribution < 1.29 is 22.4 Å². The van der Waals surface area contributed by atoms with Crippen LogP contribution in [0.5, 0.6) is 0 Å². The smallest absolute Gasteiger partial charge is 0.329 e. The number of aromatic nitrogens is 3. The molecule has 6 nitrogen and oxygen atoms in total. The van der Waals surface area contributed by atoms with Crippen LogP contribution in [0.1, 0.15) is 18.4 Å². The normalized spacial score (nSPS) is 21.6. The van der Waals surface area contributed by atoms with Gasteiger partial charge in [-0.3, -0.25) is 9.78 Å². The molecule has 156 valence electrons. The highest BCUT2D eigenvalue weighted by molar-refractivity contribution is 5.80. The number of piperidine rings is 1. The maximum Gasteiger partial charge on any atom is 0.329 e. The number of amides is 1. The zero-order chi connectivity index (χ0) is 20.8. The molecule has 2 fully saturated rings. The van der Waals surface area contributed by atoms with Crippen LogP contribution in [-0.4, -0.2) is 63.6 Å². The van der Waals surface area contributed by atoms with Gasteiger partial charge in [0.2, 0.25) is 5.91 Å². The minimum atomic E-state index is -4.17. The van der Waals surface area contributed by atoms with Crippen molar-refractivity contribution in [1.82, 2.24) is 19.7 Å². The van der Waals surface area contributed by atoms with Gasteiger partial charge in [0.25, 0.3) is 0 Å². The molecule has 4 rings (SSSR count). The van der Waals surface area contributed by atoms with Gasteiger partial charge in [0.1, 0.15) is 0 Å². The summed E-state index contributed by atoms with van der Waals surface area (Å²) < 4.78 is 55.4. The highest BCUT2D eigenvalue weighted by Crippen LogP contribution is 2.42. The summed E-state index contributed by atoms with van der Waals surface area (Å²) >= 11 is 0. The van der Waals surface area contributed by atoms with Crippen LogP contribution in [0.2, 0.25) is 0 Å². The predicted molar refractivity (Wildman–Crippen MR) is 97.5 cm³/mol. The Kier molecular flexibility index (Phi) is 4.74. The number of pyridine rings is 1. The quantitative estimate of drug-likeness (QED) is 0.729. The lowest BCUT2D eigenvalue weighted by Gasteiger charge is -2.35. The molecule has 2 aliphatic heterocycles. The van der Waals surface area contributed by atoms with Crippen LogP contribution in [0.3, 0.4) is 0 Å². The van der Waals surface area contributed by atoms with Gasteiger partial charge in [-0.05, 0) is 31.4 Å². The summed E-state index contributed by atoms with van der Waals surface area (Å²) in [4.78, 5) is 19.4. The highest BCUT2D eigenvalue weighted by Gasteiger charge is 2.64. The Balaban J connectivity index is 1.44. The number of nitrogens with zero attached hydrogens (tertiary/aromatic N) is 5. The zero-order valence-corrected chi connectivity index (χ0v) is 15.9.